The molecule has 114 valence electrons. The Kier molecular flexibility index (Phi) is 5.03. The molecule has 1 fully saturated rings. The number of benzene rings is 1. The quantitative estimate of drug-likeness (QED) is 0.787. The Morgan fingerprint density at radius 3 is 2.76 bits per heavy atom. The summed E-state index contributed by atoms with van der Waals surface area (Å²) in [6, 6.07) is 6.66. The van der Waals surface area contributed by atoms with Crippen molar-refractivity contribution in [2.45, 2.75) is 31.7 Å². The Hall–Kier alpha value is -2.24. The molecule has 1 aromatic rings. The van der Waals surface area contributed by atoms with Crippen molar-refractivity contribution >= 4 is 17.5 Å². The Bertz CT molecular complexity index is 519. The van der Waals surface area contributed by atoms with Crippen LogP contribution in [0.1, 0.15) is 25.7 Å². The van der Waals surface area contributed by atoms with Gasteiger partial charge in [0.05, 0.1) is 18.7 Å². The van der Waals surface area contributed by atoms with Crippen molar-refractivity contribution in [3.63, 3.8) is 0 Å². The van der Waals surface area contributed by atoms with Gasteiger partial charge >= 0.3 is 0 Å². The number of carbonyl (C=O) groups is 2. The predicted molar refractivity (Wildman–Crippen MR) is 79.5 cm³/mol. The van der Waals surface area contributed by atoms with Crippen LogP contribution in [-0.4, -0.2) is 35.9 Å². The molecule has 1 heterocycles. The average Bonchev–Trinajstić information content (AvgIpc) is 2.49. The molecule has 1 unspecified atom stereocenters. The molecule has 1 atom stereocenters. The molecule has 21 heavy (non-hydrogen) atoms. The van der Waals surface area contributed by atoms with Crippen molar-refractivity contribution in [1.82, 2.24) is 4.90 Å². The lowest BCUT2D eigenvalue weighted by molar-refractivity contribution is -0.141. The second-order valence-electron chi connectivity index (χ2n) is 5.14. The summed E-state index contributed by atoms with van der Waals surface area (Å²) >= 11 is 0. The van der Waals surface area contributed by atoms with E-state index in [2.05, 4.69) is 0 Å². The van der Waals surface area contributed by atoms with Gasteiger partial charge in [0.2, 0.25) is 11.8 Å². The molecule has 0 bridgehead atoms. The minimum Gasteiger partial charge on any atom is -0.491 e. The van der Waals surface area contributed by atoms with Crippen LogP contribution in [0.3, 0.4) is 0 Å². The molecule has 2 amide bonds. The van der Waals surface area contributed by atoms with E-state index in [0.717, 1.165) is 12.8 Å². The van der Waals surface area contributed by atoms with E-state index in [1.165, 1.54) is 0 Å². The first-order chi connectivity index (χ1) is 10.1. The van der Waals surface area contributed by atoms with Gasteiger partial charge in [-0.25, -0.2) is 0 Å². The fourth-order valence-corrected chi connectivity index (χ4v) is 2.53. The van der Waals surface area contributed by atoms with E-state index in [-0.39, 0.29) is 18.9 Å². The number of ether oxygens (including phenoxy) is 1. The first kappa shape index (κ1) is 15.2. The van der Waals surface area contributed by atoms with E-state index in [0.29, 0.717) is 24.4 Å². The minimum atomic E-state index is -0.479. The maximum Gasteiger partial charge on any atom is 0.240 e. The Morgan fingerprint density at radius 2 is 2.05 bits per heavy atom. The summed E-state index contributed by atoms with van der Waals surface area (Å²) in [5, 5.41) is 0. The standard InChI is InChI=1S/C15H21N3O3/c16-11-5-1-2-7-13(11)21-10-8-14(19)18-9-4-3-6-12(18)15(17)20/h1-2,5,7,12H,3-4,6,8-10,16H2,(H2,17,20). The van der Waals surface area contributed by atoms with Crippen LogP contribution in [0.5, 0.6) is 5.75 Å². The number of hydrogen-bond donors (Lipinski definition) is 2. The highest BCUT2D eigenvalue weighted by molar-refractivity contribution is 5.86. The zero-order valence-corrected chi connectivity index (χ0v) is 12.0. The lowest BCUT2D eigenvalue weighted by Crippen LogP contribution is -2.50. The van der Waals surface area contributed by atoms with Crippen molar-refractivity contribution in [2.24, 2.45) is 5.73 Å². The number of piperidine rings is 1. The van der Waals surface area contributed by atoms with Gasteiger partial charge in [-0.3, -0.25) is 9.59 Å². The number of nitrogens with zero attached hydrogens (tertiary/aromatic N) is 1. The van der Waals surface area contributed by atoms with Crippen molar-refractivity contribution in [3.05, 3.63) is 24.3 Å². The van der Waals surface area contributed by atoms with Gasteiger partial charge in [0.25, 0.3) is 0 Å². The topological polar surface area (TPSA) is 98.7 Å². The maximum absolute atomic E-state index is 12.2. The van der Waals surface area contributed by atoms with Crippen LogP contribution < -0.4 is 16.2 Å². The van der Waals surface area contributed by atoms with Gasteiger partial charge in [-0.1, -0.05) is 12.1 Å². The fraction of sp³-hybridized carbons (Fsp3) is 0.467. The van der Waals surface area contributed by atoms with E-state index < -0.39 is 11.9 Å². The third-order valence-corrected chi connectivity index (χ3v) is 3.64. The first-order valence-corrected chi connectivity index (χ1v) is 7.15. The molecule has 0 aromatic heterocycles. The number of nitrogen functional groups attached to an aromatic ring is 1. The van der Waals surface area contributed by atoms with Crippen LogP contribution in [0.4, 0.5) is 5.69 Å². The minimum absolute atomic E-state index is 0.104. The van der Waals surface area contributed by atoms with Gasteiger partial charge in [-0.2, -0.15) is 0 Å². The SMILES string of the molecule is NC(=O)C1CCCCN1C(=O)CCOc1ccccc1N. The van der Waals surface area contributed by atoms with Crippen LogP contribution >= 0.6 is 0 Å². The molecule has 0 aliphatic carbocycles. The highest BCUT2D eigenvalue weighted by Gasteiger charge is 2.30. The molecule has 2 rings (SSSR count). The number of para-hydroxylation sites is 2. The number of likely N-dealkylation sites (tertiary alicyclic amines) is 1. The van der Waals surface area contributed by atoms with Crippen molar-refractivity contribution in [2.75, 3.05) is 18.9 Å². The number of amides is 2. The number of hydrogen-bond acceptors (Lipinski definition) is 4. The summed E-state index contributed by atoms with van der Waals surface area (Å²) in [4.78, 5) is 25.2. The van der Waals surface area contributed by atoms with Gasteiger partial charge < -0.3 is 21.1 Å². The van der Waals surface area contributed by atoms with Crippen molar-refractivity contribution < 1.29 is 14.3 Å². The smallest absolute Gasteiger partial charge is 0.240 e. The van der Waals surface area contributed by atoms with E-state index in [1.807, 2.05) is 12.1 Å². The highest BCUT2D eigenvalue weighted by Crippen LogP contribution is 2.21. The molecule has 0 radical (unpaired) electrons. The number of rotatable bonds is 5. The number of primary amides is 1. The molecule has 6 heteroatoms. The van der Waals surface area contributed by atoms with E-state index in [4.69, 9.17) is 16.2 Å². The molecule has 1 aliphatic rings. The third kappa shape index (κ3) is 3.87. The predicted octanol–water partition coefficient (Wildman–Crippen LogP) is 0.904. The van der Waals surface area contributed by atoms with Gasteiger partial charge in [0.1, 0.15) is 11.8 Å². The van der Waals surface area contributed by atoms with Crippen LogP contribution in [0.25, 0.3) is 0 Å². The monoisotopic (exact) mass is 291 g/mol. The van der Waals surface area contributed by atoms with Crippen LogP contribution in [-0.2, 0) is 9.59 Å². The summed E-state index contributed by atoms with van der Waals surface area (Å²) in [6.45, 7) is 0.814. The van der Waals surface area contributed by atoms with E-state index in [9.17, 15) is 9.59 Å². The summed E-state index contributed by atoms with van der Waals surface area (Å²) < 4.78 is 5.51. The first-order valence-electron chi connectivity index (χ1n) is 7.15. The van der Waals surface area contributed by atoms with Crippen LogP contribution in [0, 0.1) is 0 Å². The van der Waals surface area contributed by atoms with Gasteiger partial charge in [0, 0.05) is 6.54 Å². The largest absolute Gasteiger partial charge is 0.491 e. The van der Waals surface area contributed by atoms with E-state index in [1.54, 1.807) is 17.0 Å². The number of nitrogens with two attached hydrogens (primary N) is 2. The molecule has 6 nitrogen and oxygen atoms in total. The summed E-state index contributed by atoms with van der Waals surface area (Å²) in [5.74, 6) is 0.0275. The molecule has 4 N–H and O–H groups in total. The molecule has 0 spiro atoms. The Morgan fingerprint density at radius 1 is 1.29 bits per heavy atom. The van der Waals surface area contributed by atoms with Crippen molar-refractivity contribution in [3.8, 4) is 5.75 Å². The highest BCUT2D eigenvalue weighted by atomic mass is 16.5. The molecular weight excluding hydrogens is 270 g/mol. The Labute approximate surface area is 124 Å². The summed E-state index contributed by atoms with van der Waals surface area (Å²) in [6.07, 6.45) is 2.68. The molecule has 0 saturated carbocycles. The number of carbonyl (C=O) groups excluding carboxylic acids is 2. The third-order valence-electron chi connectivity index (χ3n) is 3.64. The maximum atomic E-state index is 12.2. The molecule has 1 saturated heterocycles. The van der Waals surface area contributed by atoms with Gasteiger partial charge in [-0.05, 0) is 31.4 Å². The van der Waals surface area contributed by atoms with Crippen LogP contribution in [0.2, 0.25) is 0 Å². The second-order valence-corrected chi connectivity index (χ2v) is 5.14. The zero-order chi connectivity index (χ0) is 15.2. The van der Waals surface area contributed by atoms with Crippen molar-refractivity contribution in [1.29, 1.82) is 0 Å². The Balaban J connectivity index is 1.86. The average molecular weight is 291 g/mol. The fourth-order valence-electron chi connectivity index (χ4n) is 2.53. The zero-order valence-electron chi connectivity index (χ0n) is 12.0. The lowest BCUT2D eigenvalue weighted by atomic mass is 10.0. The summed E-state index contributed by atoms with van der Waals surface area (Å²) in [7, 11) is 0. The van der Waals surface area contributed by atoms with E-state index >= 15 is 0 Å². The van der Waals surface area contributed by atoms with Gasteiger partial charge in [-0.15, -0.1) is 0 Å². The normalized spacial score (nSPS) is 18.3. The lowest BCUT2D eigenvalue weighted by Gasteiger charge is -2.33. The molecule has 1 aromatic carbocycles. The van der Waals surface area contributed by atoms with Crippen LogP contribution in [0.15, 0.2) is 24.3 Å². The second kappa shape index (κ2) is 6.97. The molecule has 1 aliphatic heterocycles. The van der Waals surface area contributed by atoms with Gasteiger partial charge in [0.15, 0.2) is 0 Å². The molecular formula is C15H21N3O3. The summed E-state index contributed by atoms with van der Waals surface area (Å²) in [5.41, 5.74) is 11.7. The number of anilines is 1.